The predicted octanol–water partition coefficient (Wildman–Crippen LogP) is 13.6. The van der Waals surface area contributed by atoms with Crippen LogP contribution in [0.15, 0.2) is 109 Å². The Labute approximate surface area is 327 Å². The molecule has 0 aliphatic rings. The second kappa shape index (κ2) is 43.5. The van der Waals surface area contributed by atoms with Gasteiger partial charge in [-0.05, 0) is 83.5 Å². The second-order valence-electron chi connectivity index (χ2n) is 14.0. The molecule has 0 saturated heterocycles. The van der Waals surface area contributed by atoms with E-state index < -0.39 is 12.1 Å². The Morgan fingerprint density at radius 2 is 0.830 bits per heavy atom. The fourth-order valence-electron chi connectivity index (χ4n) is 5.72. The van der Waals surface area contributed by atoms with E-state index in [2.05, 4.69) is 116 Å². The van der Waals surface area contributed by atoms with E-state index in [1.807, 2.05) is 6.08 Å². The molecule has 0 aromatic heterocycles. The molecule has 0 saturated carbocycles. The average molecular weight is 732 g/mol. The summed E-state index contributed by atoms with van der Waals surface area (Å²) in [4.78, 5) is 12.4. The van der Waals surface area contributed by atoms with Crippen LogP contribution >= 0.6 is 0 Å². The van der Waals surface area contributed by atoms with Crippen LogP contribution in [0.5, 0.6) is 0 Å². The van der Waals surface area contributed by atoms with E-state index in [1.54, 1.807) is 6.08 Å². The molecule has 0 rings (SSSR count). The number of hydrogen-bond acceptors (Lipinski definition) is 3. The first-order valence-electron chi connectivity index (χ1n) is 21.6. The van der Waals surface area contributed by atoms with Crippen molar-refractivity contribution in [2.75, 3.05) is 6.61 Å². The molecule has 300 valence electrons. The molecular weight excluding hydrogens is 651 g/mol. The highest BCUT2D eigenvalue weighted by Gasteiger charge is 2.17. The molecule has 0 aromatic rings. The molecule has 0 heterocycles. The predicted molar refractivity (Wildman–Crippen MR) is 234 cm³/mol. The van der Waals surface area contributed by atoms with Crippen molar-refractivity contribution in [3.63, 3.8) is 0 Å². The number of rotatable bonds is 37. The molecule has 0 fully saturated rings. The number of carbonyl (C=O) groups excluding carboxylic acids is 1. The number of allylic oxidation sites excluding steroid dienone is 17. The SMILES string of the molecule is CC/C=C\C/C=C\C/C=C\C/C=C\C/C=C\C/C=C\C/C=C\C/C=C\CCCCC(=O)NC(CO)C(O)/C=C/CCCCCCCCCCCCCC. The summed E-state index contributed by atoms with van der Waals surface area (Å²) in [6.07, 6.45) is 66.1. The summed E-state index contributed by atoms with van der Waals surface area (Å²) in [7, 11) is 0. The van der Waals surface area contributed by atoms with Crippen LogP contribution in [0, 0.1) is 0 Å². The zero-order valence-corrected chi connectivity index (χ0v) is 34.2. The van der Waals surface area contributed by atoms with Crippen LogP contribution < -0.4 is 5.32 Å². The fourth-order valence-corrected chi connectivity index (χ4v) is 5.72. The molecule has 0 spiro atoms. The van der Waals surface area contributed by atoms with E-state index in [9.17, 15) is 15.0 Å². The van der Waals surface area contributed by atoms with E-state index in [0.29, 0.717) is 6.42 Å². The average Bonchev–Trinajstić information content (AvgIpc) is 3.16. The monoisotopic (exact) mass is 732 g/mol. The standard InChI is InChI=1S/C49H81NO3/c1-3-5-7-9-11-13-15-17-19-20-21-22-23-24-25-26-27-28-29-30-31-33-35-37-39-41-43-45-49(53)50-47(46-51)48(52)44-42-40-38-36-34-32-18-16-14-12-10-8-6-4-2/h5,7,11,13,17,19,21-22,24-25,27-28,30-31,35,37,42,44,47-48,51-52H,3-4,6,8-10,12,14-16,18,20,23,26,29,32-34,36,38-41,43,45-46H2,1-2H3,(H,50,53)/b7-5-,13-11-,19-17-,22-21-,25-24-,28-27-,31-30-,37-35-,44-42+. The van der Waals surface area contributed by atoms with Gasteiger partial charge in [-0.3, -0.25) is 4.79 Å². The van der Waals surface area contributed by atoms with Crippen LogP contribution in [0.3, 0.4) is 0 Å². The third-order valence-corrected chi connectivity index (χ3v) is 9.01. The van der Waals surface area contributed by atoms with E-state index in [4.69, 9.17) is 0 Å². The normalized spacial score (nSPS) is 14.1. The lowest BCUT2D eigenvalue weighted by Gasteiger charge is -2.19. The van der Waals surface area contributed by atoms with Gasteiger partial charge in [0.2, 0.25) is 5.91 Å². The molecule has 0 aliphatic carbocycles. The smallest absolute Gasteiger partial charge is 0.220 e. The van der Waals surface area contributed by atoms with Crippen molar-refractivity contribution in [1.29, 1.82) is 0 Å². The molecule has 2 atom stereocenters. The minimum Gasteiger partial charge on any atom is -0.394 e. The summed E-state index contributed by atoms with van der Waals surface area (Å²) in [5, 5.41) is 22.9. The quantitative estimate of drug-likeness (QED) is 0.0440. The maximum atomic E-state index is 12.4. The van der Waals surface area contributed by atoms with Crippen molar-refractivity contribution in [2.45, 2.75) is 187 Å². The first-order chi connectivity index (χ1) is 26.2. The van der Waals surface area contributed by atoms with Crippen molar-refractivity contribution in [3.8, 4) is 0 Å². The van der Waals surface area contributed by atoms with Gasteiger partial charge in [-0.2, -0.15) is 0 Å². The van der Waals surface area contributed by atoms with Crippen LogP contribution in [-0.4, -0.2) is 34.9 Å². The molecule has 0 bridgehead atoms. The van der Waals surface area contributed by atoms with E-state index in [0.717, 1.165) is 83.5 Å². The number of aliphatic hydroxyl groups excluding tert-OH is 2. The molecule has 53 heavy (non-hydrogen) atoms. The van der Waals surface area contributed by atoms with Crippen molar-refractivity contribution >= 4 is 5.91 Å². The highest BCUT2D eigenvalue weighted by molar-refractivity contribution is 5.76. The third kappa shape index (κ3) is 40.1. The lowest BCUT2D eigenvalue weighted by atomic mass is 10.0. The number of nitrogens with one attached hydrogen (secondary N) is 1. The first-order valence-corrected chi connectivity index (χ1v) is 21.6. The number of unbranched alkanes of at least 4 members (excludes halogenated alkanes) is 14. The Balaban J connectivity index is 3.77. The Bertz CT molecular complexity index is 1060. The van der Waals surface area contributed by atoms with Gasteiger partial charge in [-0.1, -0.05) is 194 Å². The van der Waals surface area contributed by atoms with Crippen LogP contribution in [0.1, 0.15) is 174 Å². The van der Waals surface area contributed by atoms with Gasteiger partial charge < -0.3 is 15.5 Å². The van der Waals surface area contributed by atoms with E-state index >= 15 is 0 Å². The molecule has 3 N–H and O–H groups in total. The van der Waals surface area contributed by atoms with Crippen LogP contribution in [0.2, 0.25) is 0 Å². The third-order valence-electron chi connectivity index (χ3n) is 9.01. The zero-order valence-electron chi connectivity index (χ0n) is 34.2. The molecule has 0 radical (unpaired) electrons. The fraction of sp³-hybridized carbons (Fsp3) is 0.612. The molecule has 4 nitrogen and oxygen atoms in total. The Kier molecular flexibility index (Phi) is 41.0. The zero-order chi connectivity index (χ0) is 38.6. The summed E-state index contributed by atoms with van der Waals surface area (Å²) in [6, 6.07) is -0.652. The molecule has 0 aromatic carbocycles. The van der Waals surface area contributed by atoms with Gasteiger partial charge in [-0.25, -0.2) is 0 Å². The van der Waals surface area contributed by atoms with E-state index in [-0.39, 0.29) is 12.5 Å². The molecule has 0 aliphatic heterocycles. The number of aliphatic hydroxyl groups is 2. The van der Waals surface area contributed by atoms with Crippen molar-refractivity contribution in [2.24, 2.45) is 0 Å². The van der Waals surface area contributed by atoms with E-state index in [1.165, 1.54) is 70.6 Å². The largest absolute Gasteiger partial charge is 0.394 e. The highest BCUT2D eigenvalue weighted by atomic mass is 16.3. The summed E-state index contributed by atoms with van der Waals surface area (Å²) >= 11 is 0. The van der Waals surface area contributed by atoms with Crippen molar-refractivity contribution < 1.29 is 15.0 Å². The lowest BCUT2D eigenvalue weighted by molar-refractivity contribution is -0.123. The van der Waals surface area contributed by atoms with Gasteiger partial charge in [0.05, 0.1) is 18.8 Å². The Hall–Kier alpha value is -2.95. The Morgan fingerprint density at radius 1 is 0.472 bits per heavy atom. The molecule has 4 heteroatoms. The summed E-state index contributed by atoms with van der Waals surface area (Å²) in [6.45, 7) is 4.15. The topological polar surface area (TPSA) is 69.6 Å². The van der Waals surface area contributed by atoms with Crippen LogP contribution in [0.25, 0.3) is 0 Å². The second-order valence-corrected chi connectivity index (χ2v) is 14.0. The highest BCUT2D eigenvalue weighted by Crippen LogP contribution is 2.13. The maximum absolute atomic E-state index is 12.4. The summed E-state index contributed by atoms with van der Waals surface area (Å²) in [5.41, 5.74) is 0. The number of carbonyl (C=O) groups is 1. The first kappa shape index (κ1) is 50.1. The minimum absolute atomic E-state index is 0.112. The molecular formula is C49H81NO3. The van der Waals surface area contributed by atoms with Gasteiger partial charge in [0.15, 0.2) is 0 Å². The maximum Gasteiger partial charge on any atom is 0.220 e. The van der Waals surface area contributed by atoms with Gasteiger partial charge in [-0.15, -0.1) is 0 Å². The Morgan fingerprint density at radius 3 is 1.25 bits per heavy atom. The van der Waals surface area contributed by atoms with Crippen LogP contribution in [0.4, 0.5) is 0 Å². The number of amides is 1. The lowest BCUT2D eigenvalue weighted by Crippen LogP contribution is -2.45. The minimum atomic E-state index is -0.864. The molecule has 1 amide bonds. The van der Waals surface area contributed by atoms with Crippen molar-refractivity contribution in [1.82, 2.24) is 5.32 Å². The van der Waals surface area contributed by atoms with Crippen molar-refractivity contribution in [3.05, 3.63) is 109 Å². The summed E-state index contributed by atoms with van der Waals surface area (Å²) < 4.78 is 0. The van der Waals surface area contributed by atoms with Gasteiger partial charge in [0.25, 0.3) is 0 Å². The number of hydrogen-bond donors (Lipinski definition) is 3. The van der Waals surface area contributed by atoms with Gasteiger partial charge >= 0.3 is 0 Å². The van der Waals surface area contributed by atoms with Crippen LogP contribution in [-0.2, 0) is 4.79 Å². The van der Waals surface area contributed by atoms with Gasteiger partial charge in [0, 0.05) is 6.42 Å². The molecule has 2 unspecified atom stereocenters. The van der Waals surface area contributed by atoms with Gasteiger partial charge in [0.1, 0.15) is 0 Å². The summed E-state index contributed by atoms with van der Waals surface area (Å²) in [5.74, 6) is -0.112.